The number of benzene rings is 1. The third-order valence-corrected chi connectivity index (χ3v) is 6.30. The highest BCUT2D eigenvalue weighted by Crippen LogP contribution is 2.58. The monoisotopic (exact) mass is 445 g/mol. The number of rotatable bonds is 7. The fraction of sp³-hybridized carbons (Fsp3) is 0.667. The summed E-state index contributed by atoms with van der Waals surface area (Å²) in [5, 5.41) is 6.54. The normalized spacial score (nSPS) is 22.8. The Bertz CT molecular complexity index is 650. The van der Waals surface area contributed by atoms with Crippen LogP contribution in [0.4, 0.5) is 0 Å². The zero-order chi connectivity index (χ0) is 18.5. The first-order chi connectivity index (χ1) is 13.3. The van der Waals surface area contributed by atoms with Crippen LogP contribution in [0.5, 0.6) is 5.75 Å². The van der Waals surface area contributed by atoms with Crippen molar-refractivity contribution < 1.29 is 14.3 Å². The molecule has 2 N–H and O–H groups in total. The largest absolute Gasteiger partial charge is 0.492 e. The summed E-state index contributed by atoms with van der Waals surface area (Å²) < 4.78 is 11.4. The average molecular weight is 446 g/mol. The second-order valence-electron chi connectivity index (χ2n) is 8.00. The molecular formula is C21H33Cl2N3O3. The fourth-order valence-corrected chi connectivity index (χ4v) is 4.40. The van der Waals surface area contributed by atoms with Gasteiger partial charge in [-0.05, 0) is 43.8 Å². The lowest BCUT2D eigenvalue weighted by Gasteiger charge is -2.26. The Morgan fingerprint density at radius 3 is 2.69 bits per heavy atom. The van der Waals surface area contributed by atoms with E-state index in [2.05, 4.69) is 15.5 Å². The maximum atomic E-state index is 12.6. The summed E-state index contributed by atoms with van der Waals surface area (Å²) >= 11 is 0. The Hall–Kier alpha value is -1.05. The molecule has 6 nitrogen and oxygen atoms in total. The number of piperidine rings is 1. The smallest absolute Gasteiger partial charge is 0.223 e. The number of nitrogens with one attached hydrogen (secondary N) is 2. The van der Waals surface area contributed by atoms with Crippen molar-refractivity contribution in [2.24, 2.45) is 11.3 Å². The number of para-hydroxylation sites is 1. The highest BCUT2D eigenvalue weighted by molar-refractivity contribution is 5.85. The molecule has 1 saturated carbocycles. The number of nitrogens with zero attached hydrogens (tertiary/aromatic N) is 1. The van der Waals surface area contributed by atoms with Crippen molar-refractivity contribution in [3.8, 4) is 5.75 Å². The number of halogens is 2. The van der Waals surface area contributed by atoms with E-state index in [-0.39, 0.29) is 42.1 Å². The Kier molecular flexibility index (Phi) is 9.50. The van der Waals surface area contributed by atoms with Crippen molar-refractivity contribution in [3.05, 3.63) is 29.8 Å². The lowest BCUT2D eigenvalue weighted by Crippen LogP contribution is -2.38. The standard InChI is InChI=1S/C21H31N3O3.2ClH/c25-20(18-15-21(18)5-7-22-8-6-21)23-16-17-3-1-2-4-19(17)27-14-11-24-9-12-26-13-10-24;;/h1-4,18,22H,5-16H2,(H,23,25);2*1H. The highest BCUT2D eigenvalue weighted by Gasteiger charge is 2.57. The molecule has 1 unspecified atom stereocenters. The van der Waals surface area contributed by atoms with Gasteiger partial charge < -0.3 is 20.1 Å². The zero-order valence-corrected chi connectivity index (χ0v) is 18.5. The van der Waals surface area contributed by atoms with Crippen LogP contribution < -0.4 is 15.4 Å². The van der Waals surface area contributed by atoms with Gasteiger partial charge in [-0.1, -0.05) is 18.2 Å². The molecule has 0 bridgehead atoms. The molecule has 1 spiro atoms. The van der Waals surface area contributed by atoms with E-state index >= 15 is 0 Å². The molecule has 2 aliphatic heterocycles. The lowest BCUT2D eigenvalue weighted by atomic mass is 9.92. The summed E-state index contributed by atoms with van der Waals surface area (Å²) in [5.74, 6) is 1.28. The average Bonchev–Trinajstić information content (AvgIpc) is 3.41. The molecule has 8 heteroatoms. The summed E-state index contributed by atoms with van der Waals surface area (Å²) in [6, 6.07) is 8.02. The van der Waals surface area contributed by atoms with E-state index in [9.17, 15) is 4.79 Å². The van der Waals surface area contributed by atoms with Gasteiger partial charge in [-0.25, -0.2) is 0 Å². The Morgan fingerprint density at radius 2 is 1.93 bits per heavy atom. The second-order valence-corrected chi connectivity index (χ2v) is 8.00. The Balaban J connectivity index is 0.00000150. The van der Waals surface area contributed by atoms with Crippen molar-refractivity contribution >= 4 is 30.7 Å². The van der Waals surface area contributed by atoms with E-state index in [4.69, 9.17) is 9.47 Å². The number of amides is 1. The number of ether oxygens (including phenoxy) is 2. The van der Waals surface area contributed by atoms with Crippen molar-refractivity contribution in [2.75, 3.05) is 52.5 Å². The van der Waals surface area contributed by atoms with Crippen LogP contribution in [0.15, 0.2) is 24.3 Å². The van der Waals surface area contributed by atoms with E-state index in [0.29, 0.717) is 13.2 Å². The molecular weight excluding hydrogens is 413 g/mol. The predicted octanol–water partition coefficient (Wildman–Crippen LogP) is 2.25. The maximum absolute atomic E-state index is 12.6. The van der Waals surface area contributed by atoms with Gasteiger partial charge in [-0.2, -0.15) is 0 Å². The van der Waals surface area contributed by atoms with Gasteiger partial charge in [0.15, 0.2) is 0 Å². The number of carbonyl (C=O) groups is 1. The summed E-state index contributed by atoms with van der Waals surface area (Å²) in [5.41, 5.74) is 1.33. The van der Waals surface area contributed by atoms with Crippen LogP contribution in [0.3, 0.4) is 0 Å². The van der Waals surface area contributed by atoms with E-state index in [1.807, 2.05) is 24.3 Å². The van der Waals surface area contributed by atoms with Crippen LogP contribution >= 0.6 is 24.8 Å². The number of carbonyl (C=O) groups excluding carboxylic acids is 1. The molecule has 1 aromatic rings. The predicted molar refractivity (Wildman–Crippen MR) is 118 cm³/mol. The summed E-state index contributed by atoms with van der Waals surface area (Å²) in [7, 11) is 0. The molecule has 2 heterocycles. The van der Waals surface area contributed by atoms with Gasteiger partial charge in [0.1, 0.15) is 12.4 Å². The van der Waals surface area contributed by atoms with Crippen LogP contribution in [0.25, 0.3) is 0 Å². The molecule has 164 valence electrons. The van der Waals surface area contributed by atoms with Crippen LogP contribution in [0.2, 0.25) is 0 Å². The molecule has 1 aromatic carbocycles. The quantitative estimate of drug-likeness (QED) is 0.673. The van der Waals surface area contributed by atoms with Crippen LogP contribution in [0.1, 0.15) is 24.8 Å². The Labute approximate surface area is 185 Å². The lowest BCUT2D eigenvalue weighted by molar-refractivity contribution is -0.123. The minimum Gasteiger partial charge on any atom is -0.492 e. The summed E-state index contributed by atoms with van der Waals surface area (Å²) in [6.45, 7) is 7.75. The van der Waals surface area contributed by atoms with E-state index in [1.54, 1.807) is 0 Å². The number of hydrogen-bond donors (Lipinski definition) is 2. The van der Waals surface area contributed by atoms with Gasteiger partial charge in [0.05, 0.1) is 13.2 Å². The molecule has 1 aliphatic carbocycles. The topological polar surface area (TPSA) is 62.8 Å². The van der Waals surface area contributed by atoms with Gasteiger partial charge in [0.25, 0.3) is 0 Å². The highest BCUT2D eigenvalue weighted by atomic mass is 35.5. The first-order valence-corrected chi connectivity index (χ1v) is 10.3. The van der Waals surface area contributed by atoms with Gasteiger partial charge in [-0.15, -0.1) is 24.8 Å². The Morgan fingerprint density at radius 1 is 1.21 bits per heavy atom. The van der Waals surface area contributed by atoms with Gasteiger partial charge in [-0.3, -0.25) is 9.69 Å². The first kappa shape index (κ1) is 24.2. The third-order valence-electron chi connectivity index (χ3n) is 6.30. The minimum atomic E-state index is 0. The van der Waals surface area contributed by atoms with Crippen molar-refractivity contribution in [1.29, 1.82) is 0 Å². The van der Waals surface area contributed by atoms with Crippen molar-refractivity contribution in [1.82, 2.24) is 15.5 Å². The molecule has 4 rings (SSSR count). The van der Waals surface area contributed by atoms with E-state index < -0.39 is 0 Å². The van der Waals surface area contributed by atoms with Crippen LogP contribution in [-0.4, -0.2) is 63.4 Å². The maximum Gasteiger partial charge on any atom is 0.223 e. The minimum absolute atomic E-state index is 0. The van der Waals surface area contributed by atoms with E-state index in [1.165, 1.54) is 0 Å². The third kappa shape index (κ3) is 6.22. The van der Waals surface area contributed by atoms with Gasteiger partial charge >= 0.3 is 0 Å². The summed E-state index contributed by atoms with van der Waals surface area (Å²) in [4.78, 5) is 15.0. The van der Waals surface area contributed by atoms with Crippen molar-refractivity contribution in [3.63, 3.8) is 0 Å². The molecule has 1 amide bonds. The number of hydrogen-bond acceptors (Lipinski definition) is 5. The summed E-state index contributed by atoms with van der Waals surface area (Å²) in [6.07, 6.45) is 3.32. The number of morpholine rings is 1. The van der Waals surface area contributed by atoms with Crippen molar-refractivity contribution in [2.45, 2.75) is 25.8 Å². The SMILES string of the molecule is Cl.Cl.O=C(NCc1ccccc1OCCN1CCOCC1)C1CC12CCNCC2. The molecule has 29 heavy (non-hydrogen) atoms. The second kappa shape index (κ2) is 11.4. The van der Waals surface area contributed by atoms with Gasteiger partial charge in [0, 0.05) is 37.7 Å². The molecule has 3 fully saturated rings. The van der Waals surface area contributed by atoms with Gasteiger partial charge in [0.2, 0.25) is 5.91 Å². The zero-order valence-electron chi connectivity index (χ0n) is 16.9. The van der Waals surface area contributed by atoms with Crippen LogP contribution in [0, 0.1) is 11.3 Å². The molecule has 2 saturated heterocycles. The van der Waals surface area contributed by atoms with E-state index in [0.717, 1.165) is 76.5 Å². The molecule has 3 aliphatic rings. The molecule has 0 aromatic heterocycles. The van der Waals surface area contributed by atoms with Crippen LogP contribution in [-0.2, 0) is 16.1 Å². The fourth-order valence-electron chi connectivity index (χ4n) is 4.40. The first-order valence-electron chi connectivity index (χ1n) is 10.3. The molecule has 0 radical (unpaired) electrons. The molecule has 1 atom stereocenters.